The van der Waals surface area contributed by atoms with Gasteiger partial charge >= 0.3 is 5.97 Å². The summed E-state index contributed by atoms with van der Waals surface area (Å²) >= 11 is 0. The molecular formula is C15H20N2O3. The molecule has 1 rings (SSSR count). The second kappa shape index (κ2) is 6.40. The Morgan fingerprint density at radius 1 is 1.45 bits per heavy atom. The summed E-state index contributed by atoms with van der Waals surface area (Å²) in [5.41, 5.74) is 1.07. The van der Waals surface area contributed by atoms with Crippen molar-refractivity contribution in [2.24, 2.45) is 0 Å². The average Bonchev–Trinajstić information content (AvgIpc) is 2.36. The van der Waals surface area contributed by atoms with Crippen LogP contribution in [0.15, 0.2) is 18.2 Å². The van der Waals surface area contributed by atoms with E-state index in [1.807, 2.05) is 31.7 Å². The lowest BCUT2D eigenvalue weighted by Gasteiger charge is -2.34. The van der Waals surface area contributed by atoms with Crippen molar-refractivity contribution in [2.45, 2.75) is 32.9 Å². The van der Waals surface area contributed by atoms with Crippen molar-refractivity contribution in [2.75, 3.05) is 13.7 Å². The van der Waals surface area contributed by atoms with Crippen molar-refractivity contribution >= 4 is 5.97 Å². The van der Waals surface area contributed by atoms with E-state index in [-0.39, 0.29) is 12.1 Å². The summed E-state index contributed by atoms with van der Waals surface area (Å²) in [4.78, 5) is 12.8. The van der Waals surface area contributed by atoms with Crippen LogP contribution < -0.4 is 4.74 Å². The minimum atomic E-state index is -0.867. The summed E-state index contributed by atoms with van der Waals surface area (Å²) in [5, 5.41) is 18.1. The second-order valence-electron chi connectivity index (χ2n) is 5.57. The first-order valence-electron chi connectivity index (χ1n) is 6.31. The molecule has 1 aromatic carbocycles. The fourth-order valence-corrected chi connectivity index (χ4v) is 1.85. The number of carbonyl (C=O) groups is 1. The van der Waals surface area contributed by atoms with Gasteiger partial charge in [-0.25, -0.2) is 0 Å². The SMILES string of the molecule is COc1ccc(CN(CC(=O)O)C(C)(C)C)cc1C#N. The van der Waals surface area contributed by atoms with Crippen molar-refractivity contribution in [1.82, 2.24) is 4.90 Å². The van der Waals surface area contributed by atoms with Gasteiger partial charge in [-0.15, -0.1) is 0 Å². The van der Waals surface area contributed by atoms with Gasteiger partial charge in [0.1, 0.15) is 11.8 Å². The number of nitrogens with zero attached hydrogens (tertiary/aromatic N) is 2. The Morgan fingerprint density at radius 3 is 2.55 bits per heavy atom. The number of ether oxygens (including phenoxy) is 1. The van der Waals surface area contributed by atoms with Crippen molar-refractivity contribution in [1.29, 1.82) is 5.26 Å². The van der Waals surface area contributed by atoms with Gasteiger partial charge in [-0.3, -0.25) is 9.69 Å². The molecule has 0 heterocycles. The monoisotopic (exact) mass is 276 g/mol. The quantitative estimate of drug-likeness (QED) is 0.893. The molecule has 0 unspecified atom stereocenters. The van der Waals surface area contributed by atoms with Gasteiger partial charge in [0.2, 0.25) is 0 Å². The predicted molar refractivity (Wildman–Crippen MR) is 75.5 cm³/mol. The molecule has 1 N–H and O–H groups in total. The van der Waals surface area contributed by atoms with Crippen LogP contribution in [0.2, 0.25) is 0 Å². The Morgan fingerprint density at radius 2 is 2.10 bits per heavy atom. The van der Waals surface area contributed by atoms with Gasteiger partial charge in [0.05, 0.1) is 19.2 Å². The van der Waals surface area contributed by atoms with Crippen LogP contribution in [0.25, 0.3) is 0 Å². The largest absolute Gasteiger partial charge is 0.495 e. The van der Waals surface area contributed by atoms with Gasteiger partial charge in [-0.1, -0.05) is 6.07 Å². The van der Waals surface area contributed by atoms with Crippen LogP contribution in [-0.2, 0) is 11.3 Å². The van der Waals surface area contributed by atoms with Crippen LogP contribution in [0, 0.1) is 11.3 Å². The van der Waals surface area contributed by atoms with E-state index in [2.05, 4.69) is 6.07 Å². The number of hydrogen-bond donors (Lipinski definition) is 1. The second-order valence-corrected chi connectivity index (χ2v) is 5.57. The van der Waals surface area contributed by atoms with Crippen LogP contribution in [-0.4, -0.2) is 35.2 Å². The topological polar surface area (TPSA) is 73.6 Å². The number of nitriles is 1. The molecule has 0 spiro atoms. The maximum absolute atomic E-state index is 11.0. The third kappa shape index (κ3) is 4.25. The van der Waals surface area contributed by atoms with E-state index >= 15 is 0 Å². The van der Waals surface area contributed by atoms with Crippen molar-refractivity contribution in [3.63, 3.8) is 0 Å². The number of carboxylic acids is 1. The number of carboxylic acid groups (broad SMARTS) is 1. The summed E-state index contributed by atoms with van der Waals surface area (Å²) in [6, 6.07) is 7.39. The molecule has 0 aliphatic carbocycles. The van der Waals surface area contributed by atoms with Crippen LogP contribution in [0.1, 0.15) is 31.9 Å². The highest BCUT2D eigenvalue weighted by Gasteiger charge is 2.23. The number of methoxy groups -OCH3 is 1. The predicted octanol–water partition coefficient (Wildman–Crippen LogP) is 2.25. The van der Waals surface area contributed by atoms with E-state index in [4.69, 9.17) is 15.1 Å². The molecule has 0 saturated heterocycles. The molecule has 0 radical (unpaired) electrons. The third-order valence-electron chi connectivity index (χ3n) is 3.03. The standard InChI is InChI=1S/C15H20N2O3/c1-15(2,3)17(10-14(18)19)9-11-5-6-13(20-4)12(7-11)8-16/h5-7H,9-10H2,1-4H3,(H,18,19). The van der Waals surface area contributed by atoms with Crippen LogP contribution >= 0.6 is 0 Å². The highest BCUT2D eigenvalue weighted by molar-refractivity contribution is 5.69. The first-order chi connectivity index (χ1) is 9.27. The van der Waals surface area contributed by atoms with Crippen molar-refractivity contribution < 1.29 is 14.6 Å². The summed E-state index contributed by atoms with van der Waals surface area (Å²) in [6.45, 7) is 6.31. The number of hydrogen-bond acceptors (Lipinski definition) is 4. The minimum Gasteiger partial charge on any atom is -0.495 e. The van der Waals surface area contributed by atoms with Crippen LogP contribution in [0.4, 0.5) is 0 Å². The lowest BCUT2D eigenvalue weighted by atomic mass is 10.0. The smallest absolute Gasteiger partial charge is 0.317 e. The molecule has 108 valence electrons. The van der Waals surface area contributed by atoms with E-state index in [1.165, 1.54) is 7.11 Å². The summed E-state index contributed by atoms with van der Waals surface area (Å²) in [5.74, 6) is -0.342. The zero-order chi connectivity index (χ0) is 15.3. The summed E-state index contributed by atoms with van der Waals surface area (Å²) in [7, 11) is 1.52. The molecule has 0 saturated carbocycles. The zero-order valence-electron chi connectivity index (χ0n) is 12.3. The maximum atomic E-state index is 11.0. The summed E-state index contributed by atoms with van der Waals surface area (Å²) < 4.78 is 5.10. The van der Waals surface area contributed by atoms with Gasteiger partial charge in [0, 0.05) is 12.1 Å². The molecule has 1 aromatic rings. The Bertz CT molecular complexity index is 527. The van der Waals surface area contributed by atoms with Gasteiger partial charge in [-0.05, 0) is 38.5 Å². The van der Waals surface area contributed by atoms with Crippen LogP contribution in [0.5, 0.6) is 5.75 Å². The average molecular weight is 276 g/mol. The Hall–Kier alpha value is -2.06. The molecular weight excluding hydrogens is 256 g/mol. The van der Waals surface area contributed by atoms with Gasteiger partial charge in [0.25, 0.3) is 0 Å². The van der Waals surface area contributed by atoms with Crippen molar-refractivity contribution in [3.05, 3.63) is 29.3 Å². The molecule has 5 nitrogen and oxygen atoms in total. The minimum absolute atomic E-state index is 0.0442. The molecule has 0 atom stereocenters. The van der Waals surface area contributed by atoms with E-state index in [9.17, 15) is 4.79 Å². The first kappa shape index (κ1) is 16.0. The van der Waals surface area contributed by atoms with Gasteiger partial charge < -0.3 is 9.84 Å². The molecule has 0 aliphatic rings. The highest BCUT2D eigenvalue weighted by atomic mass is 16.5. The number of rotatable bonds is 5. The lowest BCUT2D eigenvalue weighted by Crippen LogP contribution is -2.43. The zero-order valence-corrected chi connectivity index (χ0v) is 12.3. The van der Waals surface area contributed by atoms with Crippen molar-refractivity contribution in [3.8, 4) is 11.8 Å². The fraction of sp³-hybridized carbons (Fsp3) is 0.467. The van der Waals surface area contributed by atoms with E-state index in [1.54, 1.807) is 12.1 Å². The van der Waals surface area contributed by atoms with E-state index in [0.29, 0.717) is 17.9 Å². The van der Waals surface area contributed by atoms with Gasteiger partial charge in [-0.2, -0.15) is 5.26 Å². The highest BCUT2D eigenvalue weighted by Crippen LogP contribution is 2.22. The summed E-state index contributed by atoms with van der Waals surface area (Å²) in [6.07, 6.45) is 0. The Kier molecular flexibility index (Phi) is 5.12. The third-order valence-corrected chi connectivity index (χ3v) is 3.03. The number of benzene rings is 1. The lowest BCUT2D eigenvalue weighted by molar-refractivity contribution is -0.139. The molecule has 0 aliphatic heterocycles. The van der Waals surface area contributed by atoms with E-state index in [0.717, 1.165) is 5.56 Å². The number of aliphatic carboxylic acids is 1. The molecule has 0 aromatic heterocycles. The molecule has 0 fully saturated rings. The Labute approximate surface area is 119 Å². The first-order valence-corrected chi connectivity index (χ1v) is 6.31. The normalized spacial score (nSPS) is 11.2. The Balaban J connectivity index is 3.00. The maximum Gasteiger partial charge on any atom is 0.317 e. The molecule has 0 bridgehead atoms. The van der Waals surface area contributed by atoms with Crippen LogP contribution in [0.3, 0.4) is 0 Å². The molecule has 20 heavy (non-hydrogen) atoms. The molecule has 0 amide bonds. The molecule has 5 heteroatoms. The fourth-order valence-electron chi connectivity index (χ4n) is 1.85. The van der Waals surface area contributed by atoms with E-state index < -0.39 is 5.97 Å². The van der Waals surface area contributed by atoms with Gasteiger partial charge in [0.15, 0.2) is 0 Å².